The molecule has 1 unspecified atom stereocenters. The number of benzene rings is 1. The Bertz CT molecular complexity index is 546. The van der Waals surface area contributed by atoms with Gasteiger partial charge in [0.15, 0.2) is 0 Å². The van der Waals surface area contributed by atoms with Crippen LogP contribution in [-0.2, 0) is 25.6 Å². The lowest BCUT2D eigenvalue weighted by Crippen LogP contribution is -2.60. The average Bonchev–Trinajstić information content (AvgIpc) is 2.45. The van der Waals surface area contributed by atoms with Gasteiger partial charge in [-0.15, -0.1) is 0 Å². The van der Waals surface area contributed by atoms with Crippen molar-refractivity contribution in [2.75, 3.05) is 13.3 Å². The molecule has 1 aliphatic rings. The van der Waals surface area contributed by atoms with E-state index in [0.717, 1.165) is 22.5 Å². The third-order valence-electron chi connectivity index (χ3n) is 3.17. The average molecular weight is 292 g/mol. The first-order valence-electron chi connectivity index (χ1n) is 6.47. The fraction of sp³-hybridized carbons (Fsp3) is 0.357. The van der Waals surface area contributed by atoms with E-state index in [-0.39, 0.29) is 13.0 Å². The molecule has 1 fully saturated rings. The predicted molar refractivity (Wildman–Crippen MR) is 71.3 cm³/mol. The Balaban J connectivity index is 2.22. The number of piperazine rings is 1. The summed E-state index contributed by atoms with van der Waals surface area (Å²) >= 11 is 0. The molecule has 1 aromatic carbocycles. The number of carbonyl (C=O) groups excluding carboxylic acids is 3. The third-order valence-corrected chi connectivity index (χ3v) is 3.17. The molecule has 2 rings (SSSR count). The van der Waals surface area contributed by atoms with Gasteiger partial charge in [-0.25, -0.2) is 0 Å². The van der Waals surface area contributed by atoms with E-state index in [2.05, 4.69) is 0 Å². The molecule has 7 heteroatoms. The molecule has 1 aliphatic heterocycles. The Morgan fingerprint density at radius 3 is 2.57 bits per heavy atom. The normalized spacial score (nSPS) is 18.9. The minimum absolute atomic E-state index is 0.240. The first-order valence-corrected chi connectivity index (χ1v) is 6.47. The number of hydroxylamine groups is 2. The molecule has 0 aliphatic carbocycles. The minimum Gasteiger partial charge on any atom is -0.376 e. The van der Waals surface area contributed by atoms with E-state index in [9.17, 15) is 19.5 Å². The van der Waals surface area contributed by atoms with E-state index in [1.54, 1.807) is 0 Å². The molecule has 21 heavy (non-hydrogen) atoms. The van der Waals surface area contributed by atoms with E-state index in [1.807, 2.05) is 30.3 Å². The van der Waals surface area contributed by atoms with Crippen molar-refractivity contribution in [2.24, 2.45) is 0 Å². The number of nitrogens with zero attached hydrogens (tertiary/aromatic N) is 2. The first kappa shape index (κ1) is 15.0. The van der Waals surface area contributed by atoms with Crippen LogP contribution in [0, 0.1) is 0 Å². The van der Waals surface area contributed by atoms with Crippen LogP contribution in [0.1, 0.15) is 12.5 Å². The van der Waals surface area contributed by atoms with Crippen LogP contribution < -0.4 is 0 Å². The fourth-order valence-electron chi connectivity index (χ4n) is 2.21. The quantitative estimate of drug-likeness (QED) is 0.823. The maximum Gasteiger partial charge on any atom is 0.329 e. The van der Waals surface area contributed by atoms with Crippen molar-refractivity contribution in [3.8, 4) is 0 Å². The van der Waals surface area contributed by atoms with Crippen LogP contribution in [0.4, 0.5) is 0 Å². The van der Waals surface area contributed by atoms with E-state index < -0.39 is 30.6 Å². The second kappa shape index (κ2) is 6.36. The zero-order valence-electron chi connectivity index (χ0n) is 11.6. The van der Waals surface area contributed by atoms with Gasteiger partial charge >= 0.3 is 5.97 Å². The van der Waals surface area contributed by atoms with E-state index in [4.69, 9.17) is 4.84 Å². The number of hydrogen-bond donors (Lipinski definition) is 1. The number of amides is 2. The molecular weight excluding hydrogens is 276 g/mol. The second-order valence-corrected chi connectivity index (χ2v) is 4.67. The zero-order chi connectivity index (χ0) is 15.4. The molecule has 0 aromatic heterocycles. The van der Waals surface area contributed by atoms with Crippen molar-refractivity contribution in [3.63, 3.8) is 0 Å². The van der Waals surface area contributed by atoms with Gasteiger partial charge < -0.3 is 14.8 Å². The number of rotatable bonds is 4. The Morgan fingerprint density at radius 2 is 2.00 bits per heavy atom. The van der Waals surface area contributed by atoms with E-state index in [0.29, 0.717) is 0 Å². The van der Waals surface area contributed by atoms with Crippen LogP contribution in [-0.4, -0.2) is 52.2 Å². The van der Waals surface area contributed by atoms with E-state index >= 15 is 0 Å². The van der Waals surface area contributed by atoms with Crippen molar-refractivity contribution in [2.45, 2.75) is 19.4 Å². The maximum absolute atomic E-state index is 12.3. The molecule has 1 N–H and O–H groups in total. The summed E-state index contributed by atoms with van der Waals surface area (Å²) in [5.41, 5.74) is 0.840. The summed E-state index contributed by atoms with van der Waals surface area (Å²) in [6, 6.07) is 8.22. The fourth-order valence-corrected chi connectivity index (χ4v) is 2.21. The Morgan fingerprint density at radius 1 is 1.33 bits per heavy atom. The Hall–Kier alpha value is -2.41. The van der Waals surface area contributed by atoms with Crippen LogP contribution in [0.15, 0.2) is 30.3 Å². The summed E-state index contributed by atoms with van der Waals surface area (Å²) in [6.45, 7) is 0.211. The maximum atomic E-state index is 12.3. The van der Waals surface area contributed by atoms with Gasteiger partial charge in [0.2, 0.25) is 5.91 Å². The molecule has 2 amide bonds. The summed E-state index contributed by atoms with van der Waals surface area (Å²) in [5, 5.41) is 10.1. The molecular formula is C14H16N2O5. The molecule has 0 radical (unpaired) electrons. The smallest absolute Gasteiger partial charge is 0.329 e. The van der Waals surface area contributed by atoms with Gasteiger partial charge in [0.25, 0.3) is 5.91 Å². The summed E-state index contributed by atoms with van der Waals surface area (Å²) in [5.74, 6) is -1.67. The van der Waals surface area contributed by atoms with Gasteiger partial charge in [0.05, 0.1) is 0 Å². The minimum atomic E-state index is -0.891. The lowest BCUT2D eigenvalue weighted by molar-refractivity contribution is -0.209. The Kier molecular flexibility index (Phi) is 4.54. The highest BCUT2D eigenvalue weighted by molar-refractivity contribution is 5.95. The summed E-state index contributed by atoms with van der Waals surface area (Å²) < 4.78 is 0. The van der Waals surface area contributed by atoms with Crippen LogP contribution in [0.2, 0.25) is 0 Å². The van der Waals surface area contributed by atoms with Crippen LogP contribution in [0.25, 0.3) is 0 Å². The van der Waals surface area contributed by atoms with Gasteiger partial charge in [-0.05, 0) is 5.56 Å². The largest absolute Gasteiger partial charge is 0.376 e. The van der Waals surface area contributed by atoms with Gasteiger partial charge in [-0.2, -0.15) is 5.06 Å². The molecule has 1 atom stereocenters. The van der Waals surface area contributed by atoms with Gasteiger partial charge in [-0.1, -0.05) is 30.3 Å². The topological polar surface area (TPSA) is 87.2 Å². The lowest BCUT2D eigenvalue weighted by atomic mass is 10.0. The molecule has 0 bridgehead atoms. The monoisotopic (exact) mass is 292 g/mol. The molecule has 0 saturated carbocycles. The molecule has 1 aromatic rings. The highest BCUT2D eigenvalue weighted by Crippen LogP contribution is 2.17. The number of carbonyl (C=O) groups is 3. The van der Waals surface area contributed by atoms with Gasteiger partial charge in [0.1, 0.15) is 19.3 Å². The van der Waals surface area contributed by atoms with Crippen molar-refractivity contribution >= 4 is 17.8 Å². The van der Waals surface area contributed by atoms with Gasteiger partial charge in [0, 0.05) is 13.3 Å². The number of aliphatic hydroxyl groups is 1. The summed E-state index contributed by atoms with van der Waals surface area (Å²) in [7, 11) is 0. The molecule has 0 spiro atoms. The summed E-state index contributed by atoms with van der Waals surface area (Å²) in [4.78, 5) is 41.1. The molecule has 1 saturated heterocycles. The number of hydrogen-bond acceptors (Lipinski definition) is 5. The third kappa shape index (κ3) is 3.38. The second-order valence-electron chi connectivity index (χ2n) is 4.67. The lowest BCUT2D eigenvalue weighted by Gasteiger charge is -2.37. The van der Waals surface area contributed by atoms with Crippen molar-refractivity contribution in [1.29, 1.82) is 0 Å². The van der Waals surface area contributed by atoms with E-state index in [1.165, 1.54) is 0 Å². The molecule has 112 valence electrons. The van der Waals surface area contributed by atoms with Gasteiger partial charge in [-0.3, -0.25) is 14.4 Å². The molecule has 7 nitrogen and oxygen atoms in total. The van der Waals surface area contributed by atoms with Crippen molar-refractivity contribution < 1.29 is 24.3 Å². The molecule has 1 heterocycles. The van der Waals surface area contributed by atoms with Crippen molar-refractivity contribution in [1.82, 2.24) is 9.96 Å². The standard InChI is InChI=1S/C14H16N2O5/c1-10(18)21-16-8-13(19)15(9-17)12(14(16)20)7-11-5-3-2-4-6-11/h2-6,12,17H,7-9H2,1H3. The van der Waals surface area contributed by atoms with Crippen LogP contribution in [0.3, 0.4) is 0 Å². The highest BCUT2D eigenvalue weighted by Gasteiger charge is 2.40. The van der Waals surface area contributed by atoms with Crippen LogP contribution >= 0.6 is 0 Å². The first-order chi connectivity index (χ1) is 10.0. The Labute approximate surface area is 121 Å². The highest BCUT2D eigenvalue weighted by atomic mass is 16.7. The van der Waals surface area contributed by atoms with Crippen molar-refractivity contribution in [3.05, 3.63) is 35.9 Å². The summed E-state index contributed by atoms with van der Waals surface area (Å²) in [6.07, 6.45) is 0.240. The predicted octanol–water partition coefficient (Wildman–Crippen LogP) is -0.304. The number of aliphatic hydroxyl groups excluding tert-OH is 1. The van der Waals surface area contributed by atoms with Crippen LogP contribution in [0.5, 0.6) is 0 Å². The SMILES string of the molecule is CC(=O)ON1CC(=O)N(CO)C(Cc2ccccc2)C1=O. The zero-order valence-corrected chi connectivity index (χ0v) is 11.6.